The molecule has 0 aliphatic heterocycles. The first-order valence-electron chi connectivity index (χ1n) is 6.21. The highest BCUT2D eigenvalue weighted by Gasteiger charge is 2.08. The third kappa shape index (κ3) is 6.12. The lowest BCUT2D eigenvalue weighted by Crippen LogP contribution is -2.33. The summed E-state index contributed by atoms with van der Waals surface area (Å²) in [7, 11) is 2.16. The standard InChI is InChI=1S/C14H22BrNOS/c1-12(7-10-18-3)16(2)8-9-17-14-6-4-5-13(15)11-14/h4-6,11-12H,7-10H2,1-3H3. The summed E-state index contributed by atoms with van der Waals surface area (Å²) in [6, 6.07) is 8.59. The van der Waals surface area contributed by atoms with Gasteiger partial charge in [0.15, 0.2) is 0 Å². The average Bonchev–Trinajstić information content (AvgIpc) is 2.35. The van der Waals surface area contributed by atoms with Crippen LogP contribution < -0.4 is 4.74 Å². The number of hydrogen-bond donors (Lipinski definition) is 0. The zero-order valence-electron chi connectivity index (χ0n) is 11.4. The molecule has 0 saturated heterocycles. The SMILES string of the molecule is CSCCC(C)N(C)CCOc1cccc(Br)c1. The van der Waals surface area contributed by atoms with Crippen molar-refractivity contribution < 1.29 is 4.74 Å². The molecule has 0 heterocycles. The van der Waals surface area contributed by atoms with Gasteiger partial charge in [-0.3, -0.25) is 0 Å². The van der Waals surface area contributed by atoms with Crippen molar-refractivity contribution in [3.63, 3.8) is 0 Å². The zero-order chi connectivity index (χ0) is 13.4. The molecule has 0 aliphatic rings. The zero-order valence-corrected chi connectivity index (χ0v) is 13.8. The second-order valence-corrected chi connectivity index (χ2v) is 6.32. The Kier molecular flexibility index (Phi) is 7.79. The first-order chi connectivity index (χ1) is 8.63. The summed E-state index contributed by atoms with van der Waals surface area (Å²) >= 11 is 5.35. The van der Waals surface area contributed by atoms with Gasteiger partial charge < -0.3 is 9.64 Å². The van der Waals surface area contributed by atoms with Crippen LogP contribution in [-0.4, -0.2) is 43.1 Å². The monoisotopic (exact) mass is 331 g/mol. The molecule has 0 amide bonds. The average molecular weight is 332 g/mol. The predicted octanol–water partition coefficient (Wildman–Crippen LogP) is 3.90. The number of hydrogen-bond acceptors (Lipinski definition) is 3. The molecule has 1 aromatic carbocycles. The number of thioether (sulfide) groups is 1. The van der Waals surface area contributed by atoms with E-state index in [1.807, 2.05) is 36.0 Å². The molecule has 0 radical (unpaired) electrons. The van der Waals surface area contributed by atoms with Crippen LogP contribution in [0.15, 0.2) is 28.7 Å². The van der Waals surface area contributed by atoms with Crippen LogP contribution in [0.4, 0.5) is 0 Å². The number of ether oxygens (including phenoxy) is 1. The van der Waals surface area contributed by atoms with E-state index in [0.717, 1.165) is 23.4 Å². The Bertz CT molecular complexity index is 348. The number of benzene rings is 1. The van der Waals surface area contributed by atoms with Gasteiger partial charge in [-0.05, 0) is 50.6 Å². The lowest BCUT2D eigenvalue weighted by Gasteiger charge is -2.24. The molecule has 0 bridgehead atoms. The van der Waals surface area contributed by atoms with E-state index in [1.54, 1.807) is 0 Å². The molecule has 0 N–H and O–H groups in total. The molecule has 0 spiro atoms. The molecule has 0 fully saturated rings. The van der Waals surface area contributed by atoms with Gasteiger partial charge in [0.05, 0.1) is 0 Å². The summed E-state index contributed by atoms with van der Waals surface area (Å²) in [6.45, 7) is 3.97. The molecule has 0 aromatic heterocycles. The van der Waals surface area contributed by atoms with Crippen molar-refractivity contribution in [3.8, 4) is 5.75 Å². The minimum Gasteiger partial charge on any atom is -0.492 e. The normalized spacial score (nSPS) is 12.7. The van der Waals surface area contributed by atoms with Crippen molar-refractivity contribution in [1.82, 2.24) is 4.90 Å². The van der Waals surface area contributed by atoms with Crippen LogP contribution in [0.25, 0.3) is 0 Å². The van der Waals surface area contributed by atoms with Crippen LogP contribution in [0.5, 0.6) is 5.75 Å². The summed E-state index contributed by atoms with van der Waals surface area (Å²) in [6.07, 6.45) is 3.39. The topological polar surface area (TPSA) is 12.5 Å². The second kappa shape index (κ2) is 8.83. The molecule has 0 saturated carbocycles. The maximum absolute atomic E-state index is 5.74. The van der Waals surface area contributed by atoms with Gasteiger partial charge in [-0.2, -0.15) is 11.8 Å². The quantitative estimate of drug-likeness (QED) is 0.716. The van der Waals surface area contributed by atoms with Crippen molar-refractivity contribution in [2.45, 2.75) is 19.4 Å². The first-order valence-corrected chi connectivity index (χ1v) is 8.39. The summed E-state index contributed by atoms with van der Waals surface area (Å²) in [5.41, 5.74) is 0. The van der Waals surface area contributed by atoms with Crippen LogP contribution in [0.1, 0.15) is 13.3 Å². The van der Waals surface area contributed by atoms with Crippen molar-refractivity contribution >= 4 is 27.7 Å². The van der Waals surface area contributed by atoms with Crippen molar-refractivity contribution in [2.75, 3.05) is 32.2 Å². The smallest absolute Gasteiger partial charge is 0.120 e. The predicted molar refractivity (Wildman–Crippen MR) is 84.7 cm³/mol. The van der Waals surface area contributed by atoms with Gasteiger partial charge in [-0.15, -0.1) is 0 Å². The maximum atomic E-state index is 5.74. The molecule has 2 nitrogen and oxygen atoms in total. The summed E-state index contributed by atoms with van der Waals surface area (Å²) in [5, 5.41) is 0. The molecule has 1 atom stereocenters. The van der Waals surface area contributed by atoms with Gasteiger partial charge in [-0.25, -0.2) is 0 Å². The van der Waals surface area contributed by atoms with E-state index in [2.05, 4.69) is 41.1 Å². The third-order valence-electron chi connectivity index (χ3n) is 3.00. The van der Waals surface area contributed by atoms with E-state index in [1.165, 1.54) is 12.2 Å². The molecular weight excluding hydrogens is 310 g/mol. The molecule has 18 heavy (non-hydrogen) atoms. The highest BCUT2D eigenvalue weighted by atomic mass is 79.9. The Morgan fingerprint density at radius 3 is 2.89 bits per heavy atom. The molecule has 102 valence electrons. The van der Waals surface area contributed by atoms with Crippen LogP contribution in [-0.2, 0) is 0 Å². The van der Waals surface area contributed by atoms with E-state index in [9.17, 15) is 0 Å². The third-order valence-corrected chi connectivity index (χ3v) is 4.14. The summed E-state index contributed by atoms with van der Waals surface area (Å²) in [4.78, 5) is 2.36. The van der Waals surface area contributed by atoms with E-state index in [4.69, 9.17) is 4.74 Å². The van der Waals surface area contributed by atoms with E-state index in [0.29, 0.717) is 6.04 Å². The first kappa shape index (κ1) is 15.9. The number of likely N-dealkylation sites (N-methyl/N-ethyl adjacent to an activating group) is 1. The Morgan fingerprint density at radius 1 is 1.44 bits per heavy atom. The highest BCUT2D eigenvalue weighted by molar-refractivity contribution is 9.10. The number of rotatable bonds is 8. The lowest BCUT2D eigenvalue weighted by molar-refractivity contribution is 0.197. The minimum absolute atomic E-state index is 0.614. The highest BCUT2D eigenvalue weighted by Crippen LogP contribution is 2.17. The summed E-state index contributed by atoms with van der Waals surface area (Å²) in [5.74, 6) is 2.15. The van der Waals surface area contributed by atoms with Crippen LogP contribution >= 0.6 is 27.7 Å². The second-order valence-electron chi connectivity index (χ2n) is 4.42. The fourth-order valence-corrected chi connectivity index (χ4v) is 2.55. The van der Waals surface area contributed by atoms with Crippen molar-refractivity contribution in [3.05, 3.63) is 28.7 Å². The lowest BCUT2D eigenvalue weighted by atomic mass is 10.2. The molecular formula is C14H22BrNOS. The Labute approximate surface area is 123 Å². The maximum Gasteiger partial charge on any atom is 0.120 e. The van der Waals surface area contributed by atoms with Gasteiger partial charge in [-0.1, -0.05) is 22.0 Å². The van der Waals surface area contributed by atoms with Crippen LogP contribution in [0, 0.1) is 0 Å². The van der Waals surface area contributed by atoms with Crippen molar-refractivity contribution in [1.29, 1.82) is 0 Å². The van der Waals surface area contributed by atoms with E-state index in [-0.39, 0.29) is 0 Å². The van der Waals surface area contributed by atoms with E-state index >= 15 is 0 Å². The molecule has 0 aliphatic carbocycles. The fourth-order valence-electron chi connectivity index (χ4n) is 1.59. The fraction of sp³-hybridized carbons (Fsp3) is 0.571. The Morgan fingerprint density at radius 2 is 2.22 bits per heavy atom. The number of nitrogens with zero attached hydrogens (tertiary/aromatic N) is 1. The Hall–Kier alpha value is -0.190. The van der Waals surface area contributed by atoms with E-state index < -0.39 is 0 Å². The van der Waals surface area contributed by atoms with Crippen LogP contribution in [0.3, 0.4) is 0 Å². The largest absolute Gasteiger partial charge is 0.492 e. The minimum atomic E-state index is 0.614. The molecule has 4 heteroatoms. The Balaban J connectivity index is 2.24. The van der Waals surface area contributed by atoms with Gasteiger partial charge >= 0.3 is 0 Å². The number of halogens is 1. The van der Waals surface area contributed by atoms with Gasteiger partial charge in [0.1, 0.15) is 12.4 Å². The molecule has 1 rings (SSSR count). The van der Waals surface area contributed by atoms with Crippen molar-refractivity contribution in [2.24, 2.45) is 0 Å². The molecule has 1 aromatic rings. The van der Waals surface area contributed by atoms with Crippen LogP contribution in [0.2, 0.25) is 0 Å². The van der Waals surface area contributed by atoms with Gasteiger partial charge in [0.2, 0.25) is 0 Å². The van der Waals surface area contributed by atoms with Gasteiger partial charge in [0.25, 0.3) is 0 Å². The summed E-state index contributed by atoms with van der Waals surface area (Å²) < 4.78 is 6.79. The molecule has 1 unspecified atom stereocenters. The van der Waals surface area contributed by atoms with Gasteiger partial charge in [0, 0.05) is 17.1 Å².